The van der Waals surface area contributed by atoms with E-state index in [2.05, 4.69) is 32.3 Å². The minimum Gasteiger partial charge on any atom is -0.306 e. The lowest BCUT2D eigenvalue weighted by Gasteiger charge is -2.20. The molecule has 2 rings (SSSR count). The van der Waals surface area contributed by atoms with E-state index in [0.29, 0.717) is 0 Å². The van der Waals surface area contributed by atoms with E-state index in [-0.39, 0.29) is 11.9 Å². The molecule has 4 heteroatoms. The van der Waals surface area contributed by atoms with Crippen molar-refractivity contribution in [2.75, 3.05) is 6.54 Å². The number of rotatable bonds is 4. The lowest BCUT2D eigenvalue weighted by molar-refractivity contribution is 0.610. The van der Waals surface area contributed by atoms with Crippen LogP contribution in [0.15, 0.2) is 41.1 Å². The van der Waals surface area contributed by atoms with Crippen molar-refractivity contribution in [1.29, 1.82) is 0 Å². The average Bonchev–Trinajstić information content (AvgIpc) is 2.37. The molecule has 0 bridgehead atoms. The van der Waals surface area contributed by atoms with Crippen molar-refractivity contribution in [2.45, 2.75) is 19.9 Å². The van der Waals surface area contributed by atoms with Gasteiger partial charge in [-0.1, -0.05) is 35.0 Å². The van der Waals surface area contributed by atoms with Gasteiger partial charge in [0.15, 0.2) is 0 Å². The summed E-state index contributed by atoms with van der Waals surface area (Å²) in [6.45, 7) is 4.88. The van der Waals surface area contributed by atoms with Crippen LogP contribution in [-0.2, 0) is 0 Å². The van der Waals surface area contributed by atoms with E-state index in [4.69, 9.17) is 0 Å². The Labute approximate surface area is 121 Å². The fraction of sp³-hybridized carbons (Fsp3) is 0.267. The third kappa shape index (κ3) is 3.39. The van der Waals surface area contributed by atoms with Gasteiger partial charge in [0.2, 0.25) is 0 Å². The lowest BCUT2D eigenvalue weighted by atomic mass is 9.99. The zero-order valence-corrected chi connectivity index (χ0v) is 12.5. The Morgan fingerprint density at radius 3 is 2.74 bits per heavy atom. The number of hydrogen-bond acceptors (Lipinski definition) is 2. The fourth-order valence-corrected chi connectivity index (χ4v) is 2.66. The Morgan fingerprint density at radius 2 is 2.11 bits per heavy atom. The highest BCUT2D eigenvalue weighted by molar-refractivity contribution is 9.10. The fourth-order valence-electron chi connectivity index (χ4n) is 2.08. The molecule has 0 aliphatic carbocycles. The predicted molar refractivity (Wildman–Crippen MR) is 78.6 cm³/mol. The van der Waals surface area contributed by atoms with Crippen molar-refractivity contribution < 1.29 is 4.39 Å². The summed E-state index contributed by atoms with van der Waals surface area (Å²) in [6.07, 6.45) is 3.67. The lowest BCUT2D eigenvalue weighted by Crippen LogP contribution is -2.22. The van der Waals surface area contributed by atoms with Crippen LogP contribution >= 0.6 is 15.9 Å². The summed E-state index contributed by atoms with van der Waals surface area (Å²) in [4.78, 5) is 4.23. The van der Waals surface area contributed by atoms with Crippen LogP contribution in [0.5, 0.6) is 0 Å². The monoisotopic (exact) mass is 322 g/mol. The van der Waals surface area contributed by atoms with Gasteiger partial charge in [-0.3, -0.25) is 4.98 Å². The standard InChI is InChI=1S/C15H16BrFN2/c1-3-19-15(11-6-10(2)8-18-9-11)13-5-4-12(17)7-14(13)16/h4-9,15,19H,3H2,1-2H3. The normalized spacial score (nSPS) is 12.4. The van der Waals surface area contributed by atoms with Gasteiger partial charge in [0.25, 0.3) is 0 Å². The molecule has 1 aromatic heterocycles. The summed E-state index contributed by atoms with van der Waals surface area (Å²) in [5, 5.41) is 3.41. The maximum Gasteiger partial charge on any atom is 0.124 e. The molecule has 1 unspecified atom stereocenters. The number of halogens is 2. The third-order valence-corrected chi connectivity index (χ3v) is 3.60. The first-order valence-corrected chi connectivity index (χ1v) is 7.01. The SMILES string of the molecule is CCNC(c1cncc(C)c1)c1ccc(F)cc1Br. The van der Waals surface area contributed by atoms with Gasteiger partial charge in [0.05, 0.1) is 6.04 Å². The van der Waals surface area contributed by atoms with Gasteiger partial charge in [0.1, 0.15) is 5.82 Å². The summed E-state index contributed by atoms with van der Waals surface area (Å²) in [5.74, 6) is -0.242. The van der Waals surface area contributed by atoms with E-state index < -0.39 is 0 Å². The van der Waals surface area contributed by atoms with Crippen molar-refractivity contribution in [3.05, 3.63) is 63.6 Å². The molecular weight excluding hydrogens is 307 g/mol. The maximum atomic E-state index is 13.2. The highest BCUT2D eigenvalue weighted by Crippen LogP contribution is 2.29. The molecule has 2 nitrogen and oxygen atoms in total. The van der Waals surface area contributed by atoms with Crippen LogP contribution in [0.1, 0.15) is 29.7 Å². The quantitative estimate of drug-likeness (QED) is 0.920. The van der Waals surface area contributed by atoms with Gasteiger partial charge in [-0.15, -0.1) is 0 Å². The van der Waals surface area contributed by atoms with Crippen LogP contribution in [0.4, 0.5) is 4.39 Å². The van der Waals surface area contributed by atoms with Gasteiger partial charge in [-0.2, -0.15) is 0 Å². The Morgan fingerprint density at radius 1 is 1.32 bits per heavy atom. The molecule has 0 aliphatic rings. The smallest absolute Gasteiger partial charge is 0.124 e. The third-order valence-electron chi connectivity index (χ3n) is 2.91. The molecule has 0 fully saturated rings. The average molecular weight is 323 g/mol. The number of benzene rings is 1. The molecule has 0 amide bonds. The molecule has 100 valence electrons. The number of aromatic nitrogens is 1. The van der Waals surface area contributed by atoms with Gasteiger partial charge >= 0.3 is 0 Å². The number of nitrogens with one attached hydrogen (secondary N) is 1. The van der Waals surface area contributed by atoms with Crippen LogP contribution in [0.3, 0.4) is 0 Å². The molecule has 1 atom stereocenters. The molecule has 19 heavy (non-hydrogen) atoms. The maximum absolute atomic E-state index is 13.2. The van der Waals surface area contributed by atoms with E-state index in [1.807, 2.05) is 26.2 Å². The molecule has 0 saturated carbocycles. The van der Waals surface area contributed by atoms with Crippen molar-refractivity contribution in [2.24, 2.45) is 0 Å². The topological polar surface area (TPSA) is 24.9 Å². The summed E-state index contributed by atoms with van der Waals surface area (Å²) in [6, 6.07) is 6.87. The van der Waals surface area contributed by atoms with E-state index in [1.54, 1.807) is 6.07 Å². The Balaban J connectivity index is 2.45. The minimum atomic E-state index is -0.242. The number of aryl methyl sites for hydroxylation is 1. The van der Waals surface area contributed by atoms with Crippen molar-refractivity contribution in [3.63, 3.8) is 0 Å². The molecule has 1 aromatic carbocycles. The van der Waals surface area contributed by atoms with Crippen LogP contribution in [0, 0.1) is 12.7 Å². The highest BCUT2D eigenvalue weighted by Gasteiger charge is 2.16. The molecule has 1 heterocycles. The van der Waals surface area contributed by atoms with Gasteiger partial charge in [-0.05, 0) is 42.3 Å². The summed E-state index contributed by atoms with van der Waals surface area (Å²) >= 11 is 3.43. The summed E-state index contributed by atoms with van der Waals surface area (Å²) in [7, 11) is 0. The largest absolute Gasteiger partial charge is 0.306 e. The van der Waals surface area contributed by atoms with Gasteiger partial charge < -0.3 is 5.32 Å². The first-order chi connectivity index (χ1) is 9.11. The first-order valence-electron chi connectivity index (χ1n) is 6.21. The van der Waals surface area contributed by atoms with E-state index in [0.717, 1.165) is 27.7 Å². The molecule has 0 saturated heterocycles. The van der Waals surface area contributed by atoms with Crippen LogP contribution in [0.25, 0.3) is 0 Å². The summed E-state index contributed by atoms with van der Waals surface area (Å²) < 4.78 is 14.0. The van der Waals surface area contributed by atoms with Crippen molar-refractivity contribution >= 4 is 15.9 Å². The number of pyridine rings is 1. The van der Waals surface area contributed by atoms with Crippen LogP contribution < -0.4 is 5.32 Å². The highest BCUT2D eigenvalue weighted by atomic mass is 79.9. The minimum absolute atomic E-state index is 0.00683. The summed E-state index contributed by atoms with van der Waals surface area (Å²) in [5.41, 5.74) is 3.20. The van der Waals surface area contributed by atoms with E-state index in [1.165, 1.54) is 12.1 Å². The van der Waals surface area contributed by atoms with Crippen LogP contribution in [-0.4, -0.2) is 11.5 Å². The molecular formula is C15H16BrFN2. The second-order valence-electron chi connectivity index (χ2n) is 4.45. The zero-order valence-electron chi connectivity index (χ0n) is 11.0. The molecule has 1 N–H and O–H groups in total. The second kappa shape index (κ2) is 6.26. The van der Waals surface area contributed by atoms with E-state index in [9.17, 15) is 4.39 Å². The van der Waals surface area contributed by atoms with Crippen molar-refractivity contribution in [3.8, 4) is 0 Å². The second-order valence-corrected chi connectivity index (χ2v) is 5.31. The first kappa shape index (κ1) is 14.2. The number of hydrogen-bond donors (Lipinski definition) is 1. The molecule has 2 aromatic rings. The Bertz CT molecular complexity index is 572. The van der Waals surface area contributed by atoms with Crippen LogP contribution in [0.2, 0.25) is 0 Å². The number of nitrogens with zero attached hydrogens (tertiary/aromatic N) is 1. The molecule has 0 aliphatic heterocycles. The van der Waals surface area contributed by atoms with Gasteiger partial charge in [0, 0.05) is 16.9 Å². The predicted octanol–water partition coefficient (Wildman–Crippen LogP) is 3.99. The Kier molecular flexibility index (Phi) is 4.66. The zero-order chi connectivity index (χ0) is 13.8. The van der Waals surface area contributed by atoms with E-state index >= 15 is 0 Å². The Hall–Kier alpha value is -1.26. The van der Waals surface area contributed by atoms with Crippen molar-refractivity contribution in [1.82, 2.24) is 10.3 Å². The van der Waals surface area contributed by atoms with Gasteiger partial charge in [-0.25, -0.2) is 4.39 Å². The molecule has 0 radical (unpaired) electrons. The molecule has 0 spiro atoms.